The van der Waals surface area contributed by atoms with E-state index in [1.165, 1.54) is 11.3 Å². The Kier molecular flexibility index (Phi) is 4.15. The third kappa shape index (κ3) is 3.15. The van der Waals surface area contributed by atoms with Gasteiger partial charge in [-0.3, -0.25) is 9.78 Å². The molecule has 22 heavy (non-hydrogen) atoms. The van der Waals surface area contributed by atoms with Crippen LogP contribution in [0.25, 0.3) is 10.9 Å². The third-order valence-corrected chi connectivity index (χ3v) is 3.67. The van der Waals surface area contributed by atoms with Gasteiger partial charge in [-0.1, -0.05) is 18.2 Å². The SMILES string of the molecule is Nc1nc(C(=O)NCCOc2cccc3cccnc23)cs1. The minimum atomic E-state index is -0.257. The molecule has 0 fully saturated rings. The Morgan fingerprint density at radius 3 is 3.00 bits per heavy atom. The van der Waals surface area contributed by atoms with Gasteiger partial charge in [-0.25, -0.2) is 4.98 Å². The van der Waals surface area contributed by atoms with Crippen LogP contribution in [-0.4, -0.2) is 29.0 Å². The Labute approximate surface area is 131 Å². The minimum absolute atomic E-state index is 0.257. The minimum Gasteiger partial charge on any atom is -0.489 e. The number of aromatic nitrogens is 2. The van der Waals surface area contributed by atoms with Crippen LogP contribution in [0.1, 0.15) is 10.5 Å². The van der Waals surface area contributed by atoms with E-state index in [-0.39, 0.29) is 5.91 Å². The molecule has 0 bridgehead atoms. The molecule has 2 heterocycles. The maximum absolute atomic E-state index is 11.8. The number of ether oxygens (including phenoxy) is 1. The van der Waals surface area contributed by atoms with Crippen molar-refractivity contribution in [2.75, 3.05) is 18.9 Å². The van der Waals surface area contributed by atoms with Crippen LogP contribution in [0.15, 0.2) is 41.9 Å². The maximum Gasteiger partial charge on any atom is 0.270 e. The lowest BCUT2D eigenvalue weighted by atomic mass is 10.2. The number of nitrogen functional groups attached to an aromatic ring is 1. The number of hydrogen-bond acceptors (Lipinski definition) is 6. The normalized spacial score (nSPS) is 10.5. The highest BCUT2D eigenvalue weighted by atomic mass is 32.1. The lowest BCUT2D eigenvalue weighted by Crippen LogP contribution is -2.28. The van der Waals surface area contributed by atoms with E-state index in [1.807, 2.05) is 30.3 Å². The first-order chi connectivity index (χ1) is 10.7. The number of benzene rings is 1. The molecule has 1 aromatic carbocycles. The van der Waals surface area contributed by atoms with E-state index in [2.05, 4.69) is 15.3 Å². The summed E-state index contributed by atoms with van der Waals surface area (Å²) in [7, 11) is 0. The van der Waals surface area contributed by atoms with Crippen molar-refractivity contribution in [3.63, 3.8) is 0 Å². The number of carbonyl (C=O) groups is 1. The molecule has 6 nitrogen and oxygen atoms in total. The summed E-state index contributed by atoms with van der Waals surface area (Å²) >= 11 is 1.24. The van der Waals surface area contributed by atoms with Gasteiger partial charge < -0.3 is 15.8 Å². The Bertz CT molecular complexity index is 798. The molecule has 0 aliphatic heterocycles. The summed E-state index contributed by atoms with van der Waals surface area (Å²) in [6.45, 7) is 0.723. The Balaban J connectivity index is 1.55. The van der Waals surface area contributed by atoms with Crippen molar-refractivity contribution in [2.24, 2.45) is 0 Å². The Morgan fingerprint density at radius 1 is 1.32 bits per heavy atom. The maximum atomic E-state index is 11.8. The zero-order valence-electron chi connectivity index (χ0n) is 11.7. The van der Waals surface area contributed by atoms with Crippen molar-refractivity contribution in [1.29, 1.82) is 0 Å². The predicted molar refractivity (Wildman–Crippen MR) is 86.1 cm³/mol. The first kappa shape index (κ1) is 14.3. The summed E-state index contributed by atoms with van der Waals surface area (Å²) in [6.07, 6.45) is 1.73. The standard InChI is InChI=1S/C15H14N4O2S/c16-15-19-11(9-22-15)14(20)18-7-8-21-12-5-1-3-10-4-2-6-17-13(10)12/h1-6,9H,7-8H2,(H2,16,19)(H,18,20). The molecule has 7 heteroatoms. The molecule has 0 aliphatic carbocycles. The van der Waals surface area contributed by atoms with E-state index in [0.29, 0.717) is 29.7 Å². The molecule has 3 rings (SSSR count). The number of fused-ring (bicyclic) bond motifs is 1. The smallest absolute Gasteiger partial charge is 0.270 e. The monoisotopic (exact) mass is 314 g/mol. The van der Waals surface area contributed by atoms with Gasteiger partial charge in [0.25, 0.3) is 5.91 Å². The largest absolute Gasteiger partial charge is 0.489 e. The first-order valence-corrected chi connectivity index (χ1v) is 7.58. The number of nitrogens with one attached hydrogen (secondary N) is 1. The summed E-state index contributed by atoms with van der Waals surface area (Å²) < 4.78 is 5.69. The highest BCUT2D eigenvalue weighted by molar-refractivity contribution is 7.13. The van der Waals surface area contributed by atoms with Gasteiger partial charge in [-0.05, 0) is 12.1 Å². The second-order valence-corrected chi connectivity index (χ2v) is 5.40. The van der Waals surface area contributed by atoms with E-state index in [4.69, 9.17) is 10.5 Å². The van der Waals surface area contributed by atoms with Crippen molar-refractivity contribution < 1.29 is 9.53 Å². The number of rotatable bonds is 5. The van der Waals surface area contributed by atoms with Crippen LogP contribution >= 0.6 is 11.3 Å². The number of para-hydroxylation sites is 1. The highest BCUT2D eigenvalue weighted by Gasteiger charge is 2.09. The average molecular weight is 314 g/mol. The van der Waals surface area contributed by atoms with Crippen LogP contribution in [0.4, 0.5) is 5.13 Å². The lowest BCUT2D eigenvalue weighted by Gasteiger charge is -2.09. The van der Waals surface area contributed by atoms with Gasteiger partial charge >= 0.3 is 0 Å². The fourth-order valence-electron chi connectivity index (χ4n) is 2.00. The number of pyridine rings is 1. The van der Waals surface area contributed by atoms with Crippen LogP contribution in [0.2, 0.25) is 0 Å². The third-order valence-electron chi connectivity index (χ3n) is 3.00. The molecular weight excluding hydrogens is 300 g/mol. The van der Waals surface area contributed by atoms with E-state index in [1.54, 1.807) is 11.6 Å². The van der Waals surface area contributed by atoms with Gasteiger partial charge in [-0.2, -0.15) is 0 Å². The topological polar surface area (TPSA) is 90.1 Å². The van der Waals surface area contributed by atoms with Crippen molar-refractivity contribution in [3.8, 4) is 5.75 Å². The average Bonchev–Trinajstić information content (AvgIpc) is 2.98. The predicted octanol–water partition coefficient (Wildman–Crippen LogP) is 2.08. The number of nitrogens with zero attached hydrogens (tertiary/aromatic N) is 2. The van der Waals surface area contributed by atoms with Crippen molar-refractivity contribution in [1.82, 2.24) is 15.3 Å². The van der Waals surface area contributed by atoms with Gasteiger partial charge in [0.05, 0.1) is 6.54 Å². The fraction of sp³-hybridized carbons (Fsp3) is 0.133. The van der Waals surface area contributed by atoms with Gasteiger partial charge in [0.15, 0.2) is 5.13 Å². The number of amides is 1. The molecule has 0 saturated carbocycles. The fourth-order valence-corrected chi connectivity index (χ4v) is 2.54. The van der Waals surface area contributed by atoms with E-state index in [0.717, 1.165) is 10.9 Å². The van der Waals surface area contributed by atoms with Gasteiger partial charge in [-0.15, -0.1) is 11.3 Å². The van der Waals surface area contributed by atoms with Crippen LogP contribution in [0.3, 0.4) is 0 Å². The molecule has 112 valence electrons. The number of carbonyl (C=O) groups excluding carboxylic acids is 1. The van der Waals surface area contributed by atoms with Gasteiger partial charge in [0.2, 0.25) is 0 Å². The van der Waals surface area contributed by atoms with Crippen LogP contribution in [0.5, 0.6) is 5.75 Å². The lowest BCUT2D eigenvalue weighted by molar-refractivity contribution is 0.0943. The first-order valence-electron chi connectivity index (χ1n) is 6.70. The molecule has 0 aliphatic rings. The summed E-state index contributed by atoms with van der Waals surface area (Å²) in [5.74, 6) is 0.442. The molecule has 0 radical (unpaired) electrons. The number of thiazole rings is 1. The van der Waals surface area contributed by atoms with Crippen LogP contribution in [0, 0.1) is 0 Å². The van der Waals surface area contributed by atoms with E-state index < -0.39 is 0 Å². The molecule has 0 spiro atoms. The molecule has 2 aromatic heterocycles. The summed E-state index contributed by atoms with van der Waals surface area (Å²) in [6, 6.07) is 9.60. The summed E-state index contributed by atoms with van der Waals surface area (Å²) in [5.41, 5.74) is 6.63. The molecule has 1 amide bonds. The number of nitrogens with two attached hydrogens (primary N) is 1. The quantitative estimate of drug-likeness (QED) is 0.704. The number of anilines is 1. The van der Waals surface area contributed by atoms with Crippen molar-refractivity contribution >= 4 is 33.3 Å². The van der Waals surface area contributed by atoms with Gasteiger partial charge in [0, 0.05) is 17.0 Å². The zero-order chi connectivity index (χ0) is 15.4. The second-order valence-electron chi connectivity index (χ2n) is 4.51. The Morgan fingerprint density at radius 2 is 2.18 bits per heavy atom. The van der Waals surface area contributed by atoms with Crippen molar-refractivity contribution in [2.45, 2.75) is 0 Å². The zero-order valence-corrected chi connectivity index (χ0v) is 12.5. The summed E-state index contributed by atoms with van der Waals surface area (Å²) in [4.78, 5) is 20.0. The molecule has 0 atom stereocenters. The van der Waals surface area contributed by atoms with Crippen LogP contribution in [-0.2, 0) is 0 Å². The van der Waals surface area contributed by atoms with Crippen molar-refractivity contribution in [3.05, 3.63) is 47.6 Å². The second kappa shape index (κ2) is 6.40. The molecule has 3 N–H and O–H groups in total. The summed E-state index contributed by atoms with van der Waals surface area (Å²) in [5, 5.41) is 5.75. The van der Waals surface area contributed by atoms with Gasteiger partial charge in [0.1, 0.15) is 23.6 Å². The molecule has 0 saturated heterocycles. The molecule has 0 unspecified atom stereocenters. The Hall–Kier alpha value is -2.67. The van der Waals surface area contributed by atoms with E-state index in [9.17, 15) is 4.79 Å². The number of hydrogen-bond donors (Lipinski definition) is 2. The molecule has 3 aromatic rings. The molecular formula is C15H14N4O2S. The van der Waals surface area contributed by atoms with E-state index >= 15 is 0 Å². The van der Waals surface area contributed by atoms with Crippen LogP contribution < -0.4 is 15.8 Å². The highest BCUT2D eigenvalue weighted by Crippen LogP contribution is 2.22.